The van der Waals surface area contributed by atoms with Gasteiger partial charge >= 0.3 is 54.5 Å². The van der Waals surface area contributed by atoms with Gasteiger partial charge in [-0.15, -0.1) is 17.4 Å². The Hall–Kier alpha value is -10.3. The molecule has 40 nitrogen and oxygen atoms in total. The number of carbonyl (C=O) groups is 12. The molecule has 2 aliphatic rings. The topological polar surface area (TPSA) is 545 Å². The summed E-state index contributed by atoms with van der Waals surface area (Å²) in [4.78, 5) is 150. The van der Waals surface area contributed by atoms with Crippen LogP contribution in [0.1, 0.15) is 226 Å². The molecular weight excluding hydrogens is 1470 g/mol. The summed E-state index contributed by atoms with van der Waals surface area (Å²) < 4.78 is 37.5. The van der Waals surface area contributed by atoms with E-state index < -0.39 is 112 Å². The molecule has 40 heteroatoms. The lowest BCUT2D eigenvalue weighted by molar-refractivity contribution is -0.139. The van der Waals surface area contributed by atoms with E-state index in [0.29, 0.717) is 174 Å². The minimum atomic E-state index is -1.14. The molecule has 0 unspecified atom stereocenters. The number of ether oxygens (including phenoxy) is 7. The average molecular weight is 1600 g/mol. The molecule has 0 aliphatic carbocycles. The van der Waals surface area contributed by atoms with Crippen LogP contribution in [0.3, 0.4) is 0 Å². The summed E-state index contributed by atoms with van der Waals surface area (Å²) in [5, 5.41) is 50.9. The molecule has 3 heterocycles. The Morgan fingerprint density at radius 3 is 1.18 bits per heavy atom. The summed E-state index contributed by atoms with van der Waals surface area (Å²) in [7, 11) is 0. The van der Waals surface area contributed by atoms with Gasteiger partial charge in [-0.05, 0) is 200 Å². The van der Waals surface area contributed by atoms with Crippen molar-refractivity contribution in [3.63, 3.8) is 0 Å². The fourth-order valence-corrected chi connectivity index (χ4v) is 9.24. The van der Waals surface area contributed by atoms with Crippen LogP contribution in [0.25, 0.3) is 20.9 Å². The summed E-state index contributed by atoms with van der Waals surface area (Å²) in [6, 6.07) is -3.28. The van der Waals surface area contributed by atoms with Gasteiger partial charge in [0.05, 0.1) is 18.7 Å². The van der Waals surface area contributed by atoms with E-state index in [1.54, 1.807) is 134 Å². The van der Waals surface area contributed by atoms with Crippen molar-refractivity contribution in [2.24, 2.45) is 16.0 Å². The van der Waals surface area contributed by atoms with E-state index in [-0.39, 0.29) is 31.3 Å². The highest BCUT2D eigenvalue weighted by atomic mass is 16.6. The lowest BCUT2D eigenvalue weighted by Crippen LogP contribution is -2.53. The van der Waals surface area contributed by atoms with Gasteiger partial charge in [-0.3, -0.25) is 28.8 Å². The molecule has 3 rings (SSSR count). The molecule has 0 spiro atoms. The number of nitrogens with zero attached hydrogens (tertiary/aromatic N) is 13. The molecular formula is C72H126N18O22. The Bertz CT molecular complexity index is 3200. The normalized spacial score (nSPS) is 13.9. The third kappa shape index (κ3) is 56.0. The van der Waals surface area contributed by atoms with Crippen LogP contribution in [-0.4, -0.2) is 260 Å². The predicted octanol–water partition coefficient (Wildman–Crippen LogP) is 9.77. The van der Waals surface area contributed by atoms with Crippen LogP contribution in [0.5, 0.6) is 0 Å². The van der Waals surface area contributed by atoms with E-state index >= 15 is 0 Å². The number of piperazine rings is 2. The Balaban J connectivity index is 0. The number of nitrogens with two attached hydrogens (primary N) is 1. The van der Waals surface area contributed by atoms with E-state index in [1.807, 2.05) is 20.8 Å². The lowest BCUT2D eigenvalue weighted by atomic mass is 10.1. The van der Waals surface area contributed by atoms with Gasteiger partial charge in [-0.1, -0.05) is 28.3 Å². The zero-order valence-electron chi connectivity index (χ0n) is 68.8. The van der Waals surface area contributed by atoms with Crippen molar-refractivity contribution in [2.45, 2.75) is 279 Å². The van der Waals surface area contributed by atoms with Crippen LogP contribution in [0.15, 0.2) is 16.4 Å². The quantitative estimate of drug-likeness (QED) is 0.00617. The monoisotopic (exact) mass is 1590 g/mol. The van der Waals surface area contributed by atoms with Crippen molar-refractivity contribution in [1.29, 1.82) is 0 Å². The highest BCUT2D eigenvalue weighted by Crippen LogP contribution is 2.22. The predicted molar refractivity (Wildman–Crippen MR) is 411 cm³/mol. The summed E-state index contributed by atoms with van der Waals surface area (Å²) >= 11 is 0. The highest BCUT2D eigenvalue weighted by Gasteiger charge is 2.34. The second-order valence-electron chi connectivity index (χ2n) is 31.5. The number of aromatic nitrogens is 3. The maximum absolute atomic E-state index is 13.5. The highest BCUT2D eigenvalue weighted by molar-refractivity contribution is 5.83. The standard InChI is InChI=1S/C25H42N6O7.C20H36N6O5.C11H20N4O4.C11H22N2O4.C5H6O2/c1-24(2,3)37-22(34)26-11-8-7-9-20(31-17-19(27-28-31)10-16-36-18-32)21(33)29-12-14-30(15-13-29)23(35)38-25(4,5)6;1-19(2,3)30-17(28)22-10-8-7-9-15(23-24-21)16(27)25-11-13-26(14-12-25)18(29)31-20(4,5)6;1-11(2,3)19-10(18)13-7-5-4-6-8(9(16)17)14-15-12;1-11(2,3)17-10(16)13-7-5-4-6-8(12)9(14)15;1-2-3-4-5(6)7/h17-18,20H,7-16H2,1-6H3,(H,26,34);15H,7-14H2,1-6H3,(H,22,28);8H,4-7H2,1-3H3,(H,13,18)(H,16,17);8H,4-7,12H2,1-3H3,(H,13,16)(H,14,15);1H,3-4H2,(H,6,7)/t20-;15-;2*8-;/m0000./s1. The lowest BCUT2D eigenvalue weighted by Gasteiger charge is -2.37. The van der Waals surface area contributed by atoms with Gasteiger partial charge in [0.25, 0.3) is 6.47 Å². The average Bonchev–Trinajstić information content (AvgIpc) is 1.53. The second-order valence-corrected chi connectivity index (χ2v) is 31.5. The zero-order valence-corrected chi connectivity index (χ0v) is 68.8. The minimum Gasteiger partial charge on any atom is -0.481 e. The van der Waals surface area contributed by atoms with E-state index in [2.05, 4.69) is 57.6 Å². The molecule has 636 valence electrons. The second kappa shape index (κ2) is 53.6. The van der Waals surface area contributed by atoms with Crippen molar-refractivity contribution in [1.82, 2.24) is 55.9 Å². The summed E-state index contributed by atoms with van der Waals surface area (Å²) in [5.74, 6) is -1.12. The molecule has 8 amide bonds. The van der Waals surface area contributed by atoms with Crippen molar-refractivity contribution >= 4 is 72.8 Å². The van der Waals surface area contributed by atoms with Gasteiger partial charge in [-0.25, -0.2) is 33.4 Å². The molecule has 1 aromatic rings. The first-order valence-electron chi connectivity index (χ1n) is 37.2. The summed E-state index contributed by atoms with van der Waals surface area (Å²) in [6.07, 6.45) is 11.0. The number of unbranched alkanes of at least 4 members (excludes halogenated alkanes) is 4. The van der Waals surface area contributed by atoms with Gasteiger partial charge < -0.3 is 95.1 Å². The largest absolute Gasteiger partial charge is 0.481 e. The number of carboxylic acids is 3. The number of nitrogens with one attached hydrogen (secondary N) is 4. The molecule has 1 aromatic heterocycles. The maximum Gasteiger partial charge on any atom is 0.410 e. The number of carboxylic acid groups (broad SMARTS) is 3. The molecule has 112 heavy (non-hydrogen) atoms. The fraction of sp³-hybridized carbons (Fsp3) is 0.778. The van der Waals surface area contributed by atoms with Crippen molar-refractivity contribution < 1.29 is 106 Å². The van der Waals surface area contributed by atoms with Crippen LogP contribution in [0.4, 0.5) is 28.8 Å². The number of rotatable bonds is 33. The van der Waals surface area contributed by atoms with Gasteiger partial charge in [-0.2, -0.15) is 0 Å². The van der Waals surface area contributed by atoms with E-state index in [0.717, 1.165) is 0 Å². The molecule has 4 atom stereocenters. The zero-order chi connectivity index (χ0) is 86.1. The van der Waals surface area contributed by atoms with Crippen LogP contribution in [0.2, 0.25) is 0 Å². The SMILES string of the molecule is C#CCCC(=O)O.CC(C)(C)OC(=O)NCCCC[C@@H](C(=O)N1CCN(C(=O)OC(C)(C)C)CC1)n1cc(CCOC=O)nn1.CC(C)(C)OC(=O)NCCCC[C@H](N)C(=O)O.CC(C)(C)OC(=O)NCCCC[C@H](N=[N+]=[N-])C(=O)N1CCN(C(=O)OC(C)(C)C)CC1.CC(C)(C)OC(=O)NCCCC[C@H](N=[N+]=[N-])C(=O)O. The maximum atomic E-state index is 13.5. The third-order valence-electron chi connectivity index (χ3n) is 14.3. The molecule has 2 fully saturated rings. The van der Waals surface area contributed by atoms with Crippen molar-refractivity contribution in [3.05, 3.63) is 32.8 Å². The summed E-state index contributed by atoms with van der Waals surface area (Å²) in [5.41, 5.74) is 19.6. The number of amides is 8. The van der Waals surface area contributed by atoms with Gasteiger partial charge in [0, 0.05) is 107 Å². The molecule has 0 radical (unpaired) electrons. The molecule has 2 aliphatic heterocycles. The van der Waals surface area contributed by atoms with Gasteiger partial charge in [0.2, 0.25) is 11.8 Å². The number of azide groups is 2. The van der Waals surface area contributed by atoms with Crippen LogP contribution >= 0.6 is 0 Å². The number of alkyl carbamates (subject to hydrolysis) is 4. The van der Waals surface area contributed by atoms with Gasteiger partial charge in [0.1, 0.15) is 57.8 Å². The first-order valence-corrected chi connectivity index (χ1v) is 37.2. The Morgan fingerprint density at radius 1 is 0.518 bits per heavy atom. The van der Waals surface area contributed by atoms with E-state index in [4.69, 9.17) is 71.7 Å². The van der Waals surface area contributed by atoms with Crippen molar-refractivity contribution in [2.75, 3.05) is 85.1 Å². The number of hydrogen-bond acceptors (Lipinski definition) is 24. The van der Waals surface area contributed by atoms with Crippen LogP contribution in [-0.2, 0) is 68.3 Å². The first kappa shape index (κ1) is 104. The Morgan fingerprint density at radius 2 is 0.857 bits per heavy atom. The van der Waals surface area contributed by atoms with E-state index in [9.17, 15) is 57.5 Å². The molecule has 0 saturated carbocycles. The minimum absolute atomic E-state index is 0.0799. The van der Waals surface area contributed by atoms with Gasteiger partial charge in [0.15, 0.2) is 0 Å². The number of aliphatic carboxylic acids is 3. The summed E-state index contributed by atoms with van der Waals surface area (Å²) in [6.45, 7) is 37.4. The molecule has 0 aromatic carbocycles. The number of terminal acetylenes is 1. The van der Waals surface area contributed by atoms with Crippen LogP contribution in [0, 0.1) is 12.3 Å². The molecule has 0 bridgehead atoms. The van der Waals surface area contributed by atoms with Crippen LogP contribution < -0.4 is 27.0 Å². The van der Waals surface area contributed by atoms with Crippen molar-refractivity contribution in [3.8, 4) is 12.3 Å². The van der Waals surface area contributed by atoms with E-state index in [1.165, 1.54) is 0 Å². The molecule has 9 N–H and O–H groups in total. The molecule has 2 saturated heterocycles. The number of carbonyl (C=O) groups excluding carboxylic acids is 9. The Kier molecular flexibility index (Phi) is 49.6. The smallest absolute Gasteiger partial charge is 0.410 e. The third-order valence-corrected chi connectivity index (χ3v) is 14.3. The number of hydrogen-bond donors (Lipinski definition) is 8. The first-order chi connectivity index (χ1) is 51.9. The fourth-order valence-electron chi connectivity index (χ4n) is 9.24. The Labute approximate surface area is 657 Å².